The number of nitrogens with one attached hydrogen (secondary N) is 2. The van der Waals surface area contributed by atoms with E-state index in [0.717, 1.165) is 38.3 Å². The number of anilines is 3. The Morgan fingerprint density at radius 1 is 1.18 bits per heavy atom. The third-order valence-electron chi connectivity index (χ3n) is 5.22. The Hall–Kier alpha value is -2.39. The summed E-state index contributed by atoms with van der Waals surface area (Å²) in [4.78, 5) is 11.3. The third kappa shape index (κ3) is 3.77. The van der Waals surface area contributed by atoms with Crippen molar-refractivity contribution in [3.05, 3.63) is 41.2 Å². The van der Waals surface area contributed by atoms with Crippen LogP contribution in [-0.4, -0.2) is 55.1 Å². The number of halogens is 3. The quantitative estimate of drug-likeness (QED) is 0.838. The summed E-state index contributed by atoms with van der Waals surface area (Å²) in [6, 6.07) is 7.87. The van der Waals surface area contributed by atoms with Crippen molar-refractivity contribution in [2.24, 2.45) is 0 Å². The van der Waals surface area contributed by atoms with Crippen molar-refractivity contribution in [2.75, 3.05) is 50.5 Å². The van der Waals surface area contributed by atoms with Crippen LogP contribution in [0.1, 0.15) is 23.0 Å². The standard InChI is InChI=1S/C19H23F3N6/c1-27(2)17-10-16(25-18(26-17)19(20,21)22)24-13-3-4-14-12(9-13)5-7-28-8-6-23-11-15(14)28/h3-4,9-10,15,23H,5-8,11H2,1-2H3,(H,24,25,26). The van der Waals surface area contributed by atoms with Gasteiger partial charge < -0.3 is 15.5 Å². The lowest BCUT2D eigenvalue weighted by Crippen LogP contribution is -2.48. The van der Waals surface area contributed by atoms with Crippen molar-refractivity contribution >= 4 is 17.3 Å². The van der Waals surface area contributed by atoms with Crippen LogP contribution >= 0.6 is 0 Å². The number of fused-ring (bicyclic) bond motifs is 3. The van der Waals surface area contributed by atoms with Crippen molar-refractivity contribution in [3.8, 4) is 0 Å². The summed E-state index contributed by atoms with van der Waals surface area (Å²) in [5.74, 6) is -0.822. The molecule has 2 N–H and O–H groups in total. The summed E-state index contributed by atoms with van der Waals surface area (Å²) >= 11 is 0. The Bertz CT molecular complexity index is 867. The second kappa shape index (κ2) is 7.21. The maximum absolute atomic E-state index is 13.2. The van der Waals surface area contributed by atoms with E-state index in [9.17, 15) is 13.2 Å². The minimum absolute atomic E-state index is 0.128. The zero-order chi connectivity index (χ0) is 19.9. The van der Waals surface area contributed by atoms with Crippen LogP contribution in [0.5, 0.6) is 0 Å². The lowest BCUT2D eigenvalue weighted by molar-refractivity contribution is -0.144. The average Bonchev–Trinajstić information content (AvgIpc) is 2.66. The highest BCUT2D eigenvalue weighted by Crippen LogP contribution is 2.34. The van der Waals surface area contributed by atoms with E-state index in [0.29, 0.717) is 6.04 Å². The molecule has 1 saturated heterocycles. The summed E-state index contributed by atoms with van der Waals surface area (Å²) in [7, 11) is 3.30. The van der Waals surface area contributed by atoms with Crippen LogP contribution in [-0.2, 0) is 12.6 Å². The lowest BCUT2D eigenvalue weighted by atomic mass is 9.91. The Balaban J connectivity index is 1.62. The van der Waals surface area contributed by atoms with Gasteiger partial charge in [-0.3, -0.25) is 4.90 Å². The van der Waals surface area contributed by atoms with Crippen LogP contribution < -0.4 is 15.5 Å². The van der Waals surface area contributed by atoms with E-state index in [4.69, 9.17) is 0 Å². The van der Waals surface area contributed by atoms with Gasteiger partial charge in [0.25, 0.3) is 0 Å². The topological polar surface area (TPSA) is 56.3 Å². The molecule has 1 atom stereocenters. The second-order valence-electron chi connectivity index (χ2n) is 7.37. The molecule has 2 aromatic rings. The SMILES string of the molecule is CN(C)c1cc(Nc2ccc3c(c2)CCN2CCNCC32)nc(C(F)(F)F)n1. The maximum atomic E-state index is 13.2. The number of hydrogen-bond acceptors (Lipinski definition) is 6. The van der Waals surface area contributed by atoms with Crippen LogP contribution in [0.4, 0.5) is 30.5 Å². The van der Waals surface area contributed by atoms with Crippen molar-refractivity contribution < 1.29 is 13.2 Å². The van der Waals surface area contributed by atoms with Crippen LogP contribution in [0, 0.1) is 0 Å². The Morgan fingerprint density at radius 3 is 2.75 bits per heavy atom. The molecule has 0 bridgehead atoms. The monoisotopic (exact) mass is 392 g/mol. The highest BCUT2D eigenvalue weighted by atomic mass is 19.4. The molecular weight excluding hydrogens is 369 g/mol. The minimum Gasteiger partial charge on any atom is -0.363 e. The Morgan fingerprint density at radius 2 is 2.00 bits per heavy atom. The van der Waals surface area contributed by atoms with Crippen molar-refractivity contribution in [2.45, 2.75) is 18.6 Å². The second-order valence-corrected chi connectivity index (χ2v) is 7.37. The van der Waals surface area contributed by atoms with Crippen molar-refractivity contribution in [1.29, 1.82) is 0 Å². The molecule has 6 nitrogen and oxygen atoms in total. The summed E-state index contributed by atoms with van der Waals surface area (Å²) in [5.41, 5.74) is 3.25. The molecule has 0 saturated carbocycles. The minimum atomic E-state index is -4.60. The van der Waals surface area contributed by atoms with Crippen molar-refractivity contribution in [1.82, 2.24) is 20.2 Å². The number of aromatic nitrogens is 2. The van der Waals surface area contributed by atoms with Gasteiger partial charge in [-0.2, -0.15) is 13.2 Å². The molecule has 0 radical (unpaired) electrons. The Kier molecular flexibility index (Phi) is 4.88. The first-order valence-electron chi connectivity index (χ1n) is 9.29. The normalized spacial score (nSPS) is 19.7. The smallest absolute Gasteiger partial charge is 0.363 e. The molecule has 1 aromatic carbocycles. The van der Waals surface area contributed by atoms with Gasteiger partial charge in [0.05, 0.1) is 0 Å². The van der Waals surface area contributed by atoms with Gasteiger partial charge in [-0.05, 0) is 29.7 Å². The van der Waals surface area contributed by atoms with Crippen LogP contribution in [0.2, 0.25) is 0 Å². The number of benzene rings is 1. The predicted octanol–water partition coefficient (Wildman–Crippen LogP) is 2.81. The molecule has 1 unspecified atom stereocenters. The van der Waals surface area contributed by atoms with Gasteiger partial charge in [0.2, 0.25) is 5.82 Å². The molecule has 2 aliphatic heterocycles. The lowest BCUT2D eigenvalue weighted by Gasteiger charge is -2.41. The first kappa shape index (κ1) is 18.9. The maximum Gasteiger partial charge on any atom is 0.451 e. The van der Waals surface area contributed by atoms with Gasteiger partial charge in [0, 0.05) is 58.1 Å². The number of nitrogens with zero attached hydrogens (tertiary/aromatic N) is 4. The van der Waals surface area contributed by atoms with Gasteiger partial charge in [-0.25, -0.2) is 9.97 Å². The van der Waals surface area contributed by atoms with Gasteiger partial charge in [0.15, 0.2) is 0 Å². The van der Waals surface area contributed by atoms with E-state index in [-0.39, 0.29) is 11.6 Å². The summed E-state index contributed by atoms with van der Waals surface area (Å²) in [5, 5.41) is 6.46. The van der Waals surface area contributed by atoms with E-state index in [1.54, 1.807) is 14.1 Å². The molecule has 150 valence electrons. The molecule has 3 heterocycles. The van der Waals surface area contributed by atoms with Crippen molar-refractivity contribution in [3.63, 3.8) is 0 Å². The van der Waals surface area contributed by atoms with E-state index in [1.165, 1.54) is 22.1 Å². The molecule has 28 heavy (non-hydrogen) atoms. The fourth-order valence-electron chi connectivity index (χ4n) is 3.81. The number of hydrogen-bond donors (Lipinski definition) is 2. The molecule has 1 aromatic heterocycles. The average molecular weight is 392 g/mol. The van der Waals surface area contributed by atoms with Crippen LogP contribution in [0.15, 0.2) is 24.3 Å². The Labute approximate surface area is 161 Å². The molecule has 2 aliphatic rings. The number of alkyl halides is 3. The first-order valence-corrected chi connectivity index (χ1v) is 9.29. The number of piperazine rings is 1. The predicted molar refractivity (Wildman–Crippen MR) is 102 cm³/mol. The fourth-order valence-corrected chi connectivity index (χ4v) is 3.81. The molecular formula is C19H23F3N6. The van der Waals surface area contributed by atoms with E-state index in [2.05, 4.69) is 31.6 Å². The third-order valence-corrected chi connectivity index (χ3v) is 5.22. The van der Waals surface area contributed by atoms with Gasteiger partial charge in [-0.15, -0.1) is 0 Å². The molecule has 1 fully saturated rings. The van der Waals surface area contributed by atoms with E-state index >= 15 is 0 Å². The number of rotatable bonds is 3. The summed E-state index contributed by atoms with van der Waals surface area (Å²) in [6.45, 7) is 3.97. The van der Waals surface area contributed by atoms with Crippen LogP contribution in [0.25, 0.3) is 0 Å². The zero-order valence-electron chi connectivity index (χ0n) is 15.8. The molecule has 0 amide bonds. The van der Waals surface area contributed by atoms with Gasteiger partial charge in [-0.1, -0.05) is 6.07 Å². The molecule has 4 rings (SSSR count). The van der Waals surface area contributed by atoms with Gasteiger partial charge >= 0.3 is 6.18 Å². The molecule has 0 aliphatic carbocycles. The van der Waals surface area contributed by atoms with E-state index < -0.39 is 12.0 Å². The largest absolute Gasteiger partial charge is 0.451 e. The van der Waals surface area contributed by atoms with Gasteiger partial charge in [0.1, 0.15) is 11.6 Å². The molecule has 0 spiro atoms. The zero-order valence-corrected chi connectivity index (χ0v) is 15.8. The van der Waals surface area contributed by atoms with E-state index in [1.807, 2.05) is 12.1 Å². The van der Waals surface area contributed by atoms with Crippen LogP contribution in [0.3, 0.4) is 0 Å². The highest BCUT2D eigenvalue weighted by Gasteiger charge is 2.36. The molecule has 9 heteroatoms. The summed E-state index contributed by atoms with van der Waals surface area (Å²) in [6.07, 6.45) is -3.67. The summed E-state index contributed by atoms with van der Waals surface area (Å²) < 4.78 is 39.5. The first-order chi connectivity index (χ1) is 13.3. The highest BCUT2D eigenvalue weighted by molar-refractivity contribution is 5.61. The fraction of sp³-hybridized carbons (Fsp3) is 0.474.